The van der Waals surface area contributed by atoms with Crippen molar-refractivity contribution in [2.24, 2.45) is 0 Å². The number of alkyl halides is 3. The number of halogens is 3. The molecule has 0 aliphatic carbocycles. The van der Waals surface area contributed by atoms with Crippen molar-refractivity contribution in [1.82, 2.24) is 9.88 Å². The molecular formula is C23H19F3N2O4S. The van der Waals surface area contributed by atoms with E-state index in [1.54, 1.807) is 17.0 Å². The predicted octanol–water partition coefficient (Wildman–Crippen LogP) is 4.49. The standard InChI is InChI=1S/C23H19F3N2O4S/c1-33(30,31)21-9-3-16(13-27-21)22(29)28-11-10-15-2-6-20(12-17(15)14-28)32-19-7-4-18(5-8-19)23(24,25)26/h2-9,12-13H,10-11,14H2,1H3. The predicted molar refractivity (Wildman–Crippen MR) is 114 cm³/mol. The van der Waals surface area contributed by atoms with Crippen molar-refractivity contribution < 1.29 is 31.1 Å². The van der Waals surface area contributed by atoms with Crippen molar-refractivity contribution in [3.63, 3.8) is 0 Å². The lowest BCUT2D eigenvalue weighted by Gasteiger charge is -2.29. The number of hydrogen-bond acceptors (Lipinski definition) is 5. The molecule has 1 aromatic heterocycles. The summed E-state index contributed by atoms with van der Waals surface area (Å²) in [5.74, 6) is 0.438. The fourth-order valence-corrected chi connectivity index (χ4v) is 4.09. The minimum absolute atomic E-state index is 0.104. The van der Waals surface area contributed by atoms with Gasteiger partial charge in [-0.2, -0.15) is 13.2 Å². The number of rotatable bonds is 4. The molecule has 0 fully saturated rings. The summed E-state index contributed by atoms with van der Waals surface area (Å²) in [5.41, 5.74) is 1.43. The number of sulfone groups is 1. The maximum atomic E-state index is 12.9. The second-order valence-electron chi connectivity index (χ2n) is 7.69. The maximum Gasteiger partial charge on any atom is 0.416 e. The molecule has 6 nitrogen and oxygen atoms in total. The van der Waals surface area contributed by atoms with Crippen molar-refractivity contribution in [3.05, 3.63) is 83.0 Å². The molecular weight excluding hydrogens is 457 g/mol. The number of aromatic nitrogens is 1. The SMILES string of the molecule is CS(=O)(=O)c1ccc(C(=O)N2CCc3ccc(Oc4ccc(C(F)(F)F)cc4)cc3C2)cn1. The maximum absolute atomic E-state index is 12.9. The van der Waals surface area contributed by atoms with E-state index in [0.29, 0.717) is 25.3 Å². The Labute approximate surface area is 188 Å². The zero-order valence-corrected chi connectivity index (χ0v) is 18.3. The smallest absolute Gasteiger partial charge is 0.416 e. The molecule has 33 heavy (non-hydrogen) atoms. The zero-order chi connectivity index (χ0) is 23.8. The van der Waals surface area contributed by atoms with Crippen LogP contribution in [0.4, 0.5) is 13.2 Å². The quantitative estimate of drug-likeness (QED) is 0.555. The van der Waals surface area contributed by atoms with Crippen LogP contribution in [0.15, 0.2) is 65.8 Å². The Morgan fingerprint density at radius 3 is 2.30 bits per heavy atom. The normalized spacial score (nSPS) is 14.0. The van der Waals surface area contributed by atoms with Crippen LogP contribution in [0.25, 0.3) is 0 Å². The first-order valence-corrected chi connectivity index (χ1v) is 11.8. The Balaban J connectivity index is 1.48. The number of hydrogen-bond donors (Lipinski definition) is 0. The molecule has 172 valence electrons. The lowest BCUT2D eigenvalue weighted by atomic mass is 9.99. The molecule has 0 saturated heterocycles. The second kappa shape index (κ2) is 8.51. The molecule has 4 rings (SSSR count). The van der Waals surface area contributed by atoms with E-state index in [1.807, 2.05) is 6.07 Å². The number of carbonyl (C=O) groups is 1. The minimum atomic E-state index is -4.42. The van der Waals surface area contributed by atoms with Crippen molar-refractivity contribution in [3.8, 4) is 11.5 Å². The van der Waals surface area contributed by atoms with Crippen LogP contribution < -0.4 is 4.74 Å². The highest BCUT2D eigenvalue weighted by Gasteiger charge is 2.30. The molecule has 3 aromatic rings. The van der Waals surface area contributed by atoms with E-state index >= 15 is 0 Å². The van der Waals surface area contributed by atoms with E-state index in [1.165, 1.54) is 30.5 Å². The van der Waals surface area contributed by atoms with Crippen LogP contribution in [0.2, 0.25) is 0 Å². The highest BCUT2D eigenvalue weighted by molar-refractivity contribution is 7.90. The van der Waals surface area contributed by atoms with Gasteiger partial charge in [0.15, 0.2) is 14.9 Å². The van der Waals surface area contributed by atoms with Gasteiger partial charge < -0.3 is 9.64 Å². The molecule has 0 radical (unpaired) electrons. The van der Waals surface area contributed by atoms with Crippen LogP contribution in [-0.4, -0.2) is 37.0 Å². The first-order chi connectivity index (χ1) is 15.5. The first-order valence-electron chi connectivity index (χ1n) is 9.93. The van der Waals surface area contributed by atoms with Gasteiger partial charge in [-0.05, 0) is 66.1 Å². The van der Waals surface area contributed by atoms with Crippen molar-refractivity contribution in [1.29, 1.82) is 0 Å². The van der Waals surface area contributed by atoms with Crippen LogP contribution in [0.5, 0.6) is 11.5 Å². The highest BCUT2D eigenvalue weighted by Crippen LogP contribution is 2.32. The average molecular weight is 476 g/mol. The molecule has 1 aliphatic heterocycles. The Bertz CT molecular complexity index is 1290. The van der Waals surface area contributed by atoms with E-state index in [2.05, 4.69) is 4.98 Å². The molecule has 1 amide bonds. The molecule has 2 heterocycles. The lowest BCUT2D eigenvalue weighted by Crippen LogP contribution is -2.36. The molecule has 1 aliphatic rings. The van der Waals surface area contributed by atoms with Crippen LogP contribution in [0, 0.1) is 0 Å². The summed E-state index contributed by atoms with van der Waals surface area (Å²) in [6, 6.07) is 12.5. The van der Waals surface area contributed by atoms with Gasteiger partial charge >= 0.3 is 6.18 Å². The van der Waals surface area contributed by atoms with Crippen LogP contribution in [0.3, 0.4) is 0 Å². The van der Waals surface area contributed by atoms with E-state index in [-0.39, 0.29) is 22.2 Å². The van der Waals surface area contributed by atoms with E-state index in [4.69, 9.17) is 4.74 Å². The summed E-state index contributed by atoms with van der Waals surface area (Å²) >= 11 is 0. The number of benzene rings is 2. The number of amides is 1. The van der Waals surface area contributed by atoms with Gasteiger partial charge in [-0.25, -0.2) is 13.4 Å². The summed E-state index contributed by atoms with van der Waals surface area (Å²) in [5, 5.41) is -0.104. The second-order valence-corrected chi connectivity index (χ2v) is 9.65. The number of fused-ring (bicyclic) bond motifs is 1. The number of pyridine rings is 1. The van der Waals surface area contributed by atoms with E-state index in [9.17, 15) is 26.4 Å². The van der Waals surface area contributed by atoms with Gasteiger partial charge in [-0.15, -0.1) is 0 Å². The van der Waals surface area contributed by atoms with Crippen LogP contribution in [-0.2, 0) is 29.0 Å². The average Bonchev–Trinajstić information content (AvgIpc) is 2.77. The third kappa shape index (κ3) is 5.16. The Morgan fingerprint density at radius 1 is 1.00 bits per heavy atom. The van der Waals surface area contributed by atoms with Crippen LogP contribution >= 0.6 is 0 Å². The molecule has 10 heteroatoms. The summed E-state index contributed by atoms with van der Waals surface area (Å²) in [6.07, 6.45) is -1.50. The fourth-order valence-electron chi connectivity index (χ4n) is 3.53. The molecule has 0 unspecified atom stereocenters. The van der Waals surface area contributed by atoms with Crippen molar-refractivity contribution in [2.45, 2.75) is 24.2 Å². The van der Waals surface area contributed by atoms with Gasteiger partial charge in [0.25, 0.3) is 5.91 Å². The summed E-state index contributed by atoms with van der Waals surface area (Å²) in [7, 11) is -3.46. The van der Waals surface area contributed by atoms with Crippen molar-refractivity contribution in [2.75, 3.05) is 12.8 Å². The Morgan fingerprint density at radius 2 is 1.70 bits per heavy atom. The highest BCUT2D eigenvalue weighted by atomic mass is 32.2. The number of ether oxygens (including phenoxy) is 1. The van der Waals surface area contributed by atoms with E-state index in [0.717, 1.165) is 29.5 Å². The van der Waals surface area contributed by atoms with Crippen LogP contribution in [0.1, 0.15) is 27.0 Å². The molecule has 0 saturated carbocycles. The minimum Gasteiger partial charge on any atom is -0.457 e. The van der Waals surface area contributed by atoms with Gasteiger partial charge in [0.05, 0.1) is 11.1 Å². The van der Waals surface area contributed by atoms with Gasteiger partial charge in [-0.3, -0.25) is 4.79 Å². The van der Waals surface area contributed by atoms with Gasteiger partial charge in [-0.1, -0.05) is 6.07 Å². The first kappa shape index (κ1) is 22.8. The summed E-state index contributed by atoms with van der Waals surface area (Å²) in [4.78, 5) is 18.4. The topological polar surface area (TPSA) is 76.6 Å². The van der Waals surface area contributed by atoms with Gasteiger partial charge in [0.1, 0.15) is 11.5 Å². The molecule has 0 N–H and O–H groups in total. The molecule has 0 spiro atoms. The number of carbonyl (C=O) groups excluding carboxylic acids is 1. The largest absolute Gasteiger partial charge is 0.457 e. The molecule has 2 aromatic carbocycles. The Kier molecular flexibility index (Phi) is 5.87. The van der Waals surface area contributed by atoms with Gasteiger partial charge in [0.2, 0.25) is 0 Å². The molecule has 0 atom stereocenters. The van der Waals surface area contributed by atoms with Crippen molar-refractivity contribution >= 4 is 15.7 Å². The third-order valence-electron chi connectivity index (χ3n) is 5.26. The lowest BCUT2D eigenvalue weighted by molar-refractivity contribution is -0.137. The van der Waals surface area contributed by atoms with Gasteiger partial charge in [0, 0.05) is 25.5 Å². The fraction of sp³-hybridized carbons (Fsp3) is 0.217. The third-order valence-corrected chi connectivity index (χ3v) is 6.26. The zero-order valence-electron chi connectivity index (χ0n) is 17.5. The Hall–Kier alpha value is -3.40. The van der Waals surface area contributed by atoms with E-state index < -0.39 is 21.6 Å². The summed E-state index contributed by atoms with van der Waals surface area (Å²) < 4.78 is 67.0. The monoisotopic (exact) mass is 476 g/mol. The number of nitrogens with zero attached hydrogens (tertiary/aromatic N) is 2. The molecule has 0 bridgehead atoms. The summed E-state index contributed by atoms with van der Waals surface area (Å²) in [6.45, 7) is 0.797.